The summed E-state index contributed by atoms with van der Waals surface area (Å²) >= 11 is 0. The van der Waals surface area contributed by atoms with Crippen LogP contribution in [0.25, 0.3) is 0 Å². The fraction of sp³-hybridized carbons (Fsp3) is 0.615. The SMILES string of the molecule is C=CC(=O)OC(=C)C(F)(F)C(F)(F)C(F)(F)C(F)(F)C(F)(F)C(F)(F)C(F)(F)C(F)(F)F. The average Bonchev–Trinajstić information content (AvgIpc) is 2.59. The molecule has 32 heavy (non-hydrogen) atoms. The summed E-state index contributed by atoms with van der Waals surface area (Å²) in [5.41, 5.74) is 0. The number of hydrogen-bond acceptors (Lipinski definition) is 2. The normalized spacial score (nSPS) is 15.4. The molecule has 0 aromatic rings. The topological polar surface area (TPSA) is 26.3 Å². The smallest absolute Gasteiger partial charge is 0.422 e. The highest BCUT2D eigenvalue weighted by Gasteiger charge is 2.95. The molecule has 19 heteroatoms. The van der Waals surface area contributed by atoms with Gasteiger partial charge in [0.25, 0.3) is 0 Å². The fourth-order valence-electron chi connectivity index (χ4n) is 1.57. The minimum Gasteiger partial charge on any atom is -0.422 e. The van der Waals surface area contributed by atoms with Crippen molar-refractivity contribution < 1.29 is 84.2 Å². The van der Waals surface area contributed by atoms with Crippen molar-refractivity contribution in [1.82, 2.24) is 0 Å². The largest absolute Gasteiger partial charge is 0.460 e. The van der Waals surface area contributed by atoms with E-state index in [0.29, 0.717) is 0 Å². The van der Waals surface area contributed by atoms with Crippen LogP contribution in [0.15, 0.2) is 25.0 Å². The van der Waals surface area contributed by atoms with Gasteiger partial charge in [-0.25, -0.2) is 4.79 Å². The van der Waals surface area contributed by atoms with Crippen molar-refractivity contribution in [1.29, 1.82) is 0 Å². The number of carbonyl (C=O) groups excluding carboxylic acids is 1. The number of rotatable bonds is 9. The molecule has 0 atom stereocenters. The Morgan fingerprint density at radius 3 is 1.12 bits per heavy atom. The van der Waals surface area contributed by atoms with E-state index in [1.165, 1.54) is 0 Å². The molecule has 0 bridgehead atoms. The van der Waals surface area contributed by atoms with E-state index in [4.69, 9.17) is 0 Å². The molecule has 0 spiro atoms. The lowest BCUT2D eigenvalue weighted by Crippen LogP contribution is -2.74. The summed E-state index contributed by atoms with van der Waals surface area (Å²) < 4.78 is 224. The van der Waals surface area contributed by atoms with Crippen molar-refractivity contribution in [2.45, 2.75) is 47.6 Å². The highest BCUT2D eigenvalue weighted by Crippen LogP contribution is 2.64. The lowest BCUT2D eigenvalue weighted by molar-refractivity contribution is -0.460. The molecule has 0 amide bonds. The number of ether oxygens (including phenoxy) is 1. The van der Waals surface area contributed by atoms with Crippen molar-refractivity contribution in [2.75, 3.05) is 0 Å². The van der Waals surface area contributed by atoms with Crippen LogP contribution in [0.4, 0.5) is 74.6 Å². The van der Waals surface area contributed by atoms with E-state index in [9.17, 15) is 79.4 Å². The van der Waals surface area contributed by atoms with Gasteiger partial charge >= 0.3 is 53.6 Å². The van der Waals surface area contributed by atoms with Gasteiger partial charge in [-0.2, -0.15) is 74.6 Å². The third kappa shape index (κ3) is 3.75. The number of hydrogen-bond donors (Lipinski definition) is 0. The van der Waals surface area contributed by atoms with E-state index >= 15 is 0 Å². The summed E-state index contributed by atoms with van der Waals surface area (Å²) in [7, 11) is 0. The molecule has 188 valence electrons. The molecule has 0 rings (SSSR count). The van der Waals surface area contributed by atoms with Crippen LogP contribution >= 0.6 is 0 Å². The van der Waals surface area contributed by atoms with Gasteiger partial charge in [0.15, 0.2) is 5.76 Å². The summed E-state index contributed by atoms with van der Waals surface area (Å²) in [4.78, 5) is 10.6. The summed E-state index contributed by atoms with van der Waals surface area (Å²) in [6.07, 6.45) is -7.95. The van der Waals surface area contributed by atoms with Crippen molar-refractivity contribution in [2.24, 2.45) is 0 Å². The standard InChI is InChI=1S/C13H5F17O2/c1-3-5(31)32-4(2)6(14,15)7(16,17)8(18,19)9(20,21)10(22,23)11(24,25)12(26,27)13(28,29)30/h3H,1-2H2. The Morgan fingerprint density at radius 1 is 0.562 bits per heavy atom. The Bertz CT molecular complexity index is 761. The Hall–Kier alpha value is -2.24. The maximum absolute atomic E-state index is 13.5. The van der Waals surface area contributed by atoms with Crippen LogP contribution in [0.2, 0.25) is 0 Å². The number of esters is 1. The first-order valence-electron chi connectivity index (χ1n) is 6.88. The average molecular weight is 516 g/mol. The molecule has 0 N–H and O–H groups in total. The van der Waals surface area contributed by atoms with Gasteiger partial charge in [-0.15, -0.1) is 0 Å². The molecule has 2 nitrogen and oxygen atoms in total. The molecule has 0 aromatic heterocycles. The lowest BCUT2D eigenvalue weighted by Gasteiger charge is -2.42. The first-order valence-corrected chi connectivity index (χ1v) is 6.88. The summed E-state index contributed by atoms with van der Waals surface area (Å²) in [6, 6.07) is 0. The molecule has 0 unspecified atom stereocenters. The molecular weight excluding hydrogens is 511 g/mol. The van der Waals surface area contributed by atoms with Crippen LogP contribution in [0.1, 0.15) is 0 Å². The molecule has 0 aliphatic rings. The third-order valence-electron chi connectivity index (χ3n) is 3.46. The lowest BCUT2D eigenvalue weighted by atomic mass is 9.88. The maximum Gasteiger partial charge on any atom is 0.460 e. The number of carbonyl (C=O) groups is 1. The minimum atomic E-state index is -8.73. The molecule has 0 heterocycles. The zero-order chi connectivity index (χ0) is 26.6. The molecule has 0 radical (unpaired) electrons. The first-order chi connectivity index (χ1) is 13.6. The van der Waals surface area contributed by atoms with Crippen LogP contribution in [-0.2, 0) is 9.53 Å². The summed E-state index contributed by atoms with van der Waals surface area (Å²) in [5, 5.41) is 0. The minimum absolute atomic E-state index is 0.125. The van der Waals surface area contributed by atoms with E-state index in [2.05, 4.69) is 11.3 Å². The molecule has 0 saturated carbocycles. The quantitative estimate of drug-likeness (QED) is 0.157. The van der Waals surface area contributed by atoms with Gasteiger partial charge < -0.3 is 4.74 Å². The van der Waals surface area contributed by atoms with Gasteiger partial charge in [-0.05, 0) is 0 Å². The highest BCUT2D eigenvalue weighted by atomic mass is 19.4. The van der Waals surface area contributed by atoms with Gasteiger partial charge in [0.1, 0.15) is 0 Å². The monoisotopic (exact) mass is 516 g/mol. The van der Waals surface area contributed by atoms with E-state index < -0.39 is 59.4 Å². The Morgan fingerprint density at radius 2 is 0.844 bits per heavy atom. The molecule has 0 aliphatic carbocycles. The van der Waals surface area contributed by atoms with Crippen molar-refractivity contribution in [3.63, 3.8) is 0 Å². The van der Waals surface area contributed by atoms with Crippen LogP contribution in [0, 0.1) is 0 Å². The second-order valence-electron chi connectivity index (χ2n) is 5.57. The molecule has 0 aromatic carbocycles. The van der Waals surface area contributed by atoms with Crippen LogP contribution < -0.4 is 0 Å². The van der Waals surface area contributed by atoms with Gasteiger partial charge in [0.05, 0.1) is 0 Å². The fourth-order valence-corrected chi connectivity index (χ4v) is 1.57. The number of alkyl halides is 17. The zero-order valence-electron chi connectivity index (χ0n) is 14.2. The number of halogens is 17. The second-order valence-corrected chi connectivity index (χ2v) is 5.57. The van der Waals surface area contributed by atoms with Gasteiger partial charge in [-0.1, -0.05) is 13.2 Å². The predicted octanol–water partition coefficient (Wildman–Crippen LogP) is 6.24. The van der Waals surface area contributed by atoms with Crippen LogP contribution in [0.3, 0.4) is 0 Å². The van der Waals surface area contributed by atoms with E-state index in [1.54, 1.807) is 6.58 Å². The maximum atomic E-state index is 13.5. The summed E-state index contributed by atoms with van der Waals surface area (Å²) in [6.45, 7) is 4.24. The molecule has 0 saturated heterocycles. The Labute approximate surface area is 164 Å². The molecular formula is C13H5F17O2. The van der Waals surface area contributed by atoms with Crippen molar-refractivity contribution in [3.8, 4) is 0 Å². The first kappa shape index (κ1) is 29.8. The predicted molar refractivity (Wildman–Crippen MR) is 66.1 cm³/mol. The summed E-state index contributed by atoms with van der Waals surface area (Å²) in [5.74, 6) is -63.1. The Balaban J connectivity index is 6.74. The third-order valence-corrected chi connectivity index (χ3v) is 3.46. The second kappa shape index (κ2) is 7.67. The number of allylic oxidation sites excluding steroid dienone is 1. The van der Waals surface area contributed by atoms with Gasteiger partial charge in [0.2, 0.25) is 0 Å². The Kier molecular flexibility index (Phi) is 7.13. The van der Waals surface area contributed by atoms with Crippen molar-refractivity contribution >= 4 is 5.97 Å². The zero-order valence-corrected chi connectivity index (χ0v) is 14.2. The van der Waals surface area contributed by atoms with E-state index in [1.807, 2.05) is 0 Å². The van der Waals surface area contributed by atoms with E-state index in [-0.39, 0.29) is 6.08 Å². The van der Waals surface area contributed by atoms with Gasteiger partial charge in [-0.3, -0.25) is 0 Å². The molecule has 0 fully saturated rings. The van der Waals surface area contributed by atoms with Crippen molar-refractivity contribution in [3.05, 3.63) is 25.0 Å². The van der Waals surface area contributed by atoms with Gasteiger partial charge in [0, 0.05) is 6.08 Å². The van der Waals surface area contributed by atoms with Crippen LogP contribution in [0.5, 0.6) is 0 Å². The molecule has 0 aliphatic heterocycles. The van der Waals surface area contributed by atoms with E-state index in [0.717, 1.165) is 0 Å². The highest BCUT2D eigenvalue weighted by molar-refractivity contribution is 5.82. The van der Waals surface area contributed by atoms with Crippen LogP contribution in [-0.4, -0.2) is 53.6 Å².